The molecule has 1 aliphatic rings. The summed E-state index contributed by atoms with van der Waals surface area (Å²) in [5.41, 5.74) is 2.24. The Morgan fingerprint density at radius 1 is 1.43 bits per heavy atom. The molecule has 2 aromatic rings. The number of hydrogen-bond acceptors (Lipinski definition) is 6. The van der Waals surface area contributed by atoms with Crippen LogP contribution in [0, 0.1) is 13.8 Å². The molecule has 3 heterocycles. The van der Waals surface area contributed by atoms with E-state index in [1.165, 1.54) is 6.26 Å². The van der Waals surface area contributed by atoms with Crippen LogP contribution in [0.4, 0.5) is 0 Å². The monoisotopic (exact) mass is 315 g/mol. The zero-order chi connectivity index (χ0) is 16.4. The highest BCUT2D eigenvalue weighted by Gasteiger charge is 2.26. The molecule has 0 aliphatic carbocycles. The van der Waals surface area contributed by atoms with E-state index in [2.05, 4.69) is 32.2 Å². The number of carbonyl (C=O) groups is 1. The third-order valence-corrected chi connectivity index (χ3v) is 4.15. The SMILES string of the molecule is Cc1ncc(CNC(=O)c2coc(C)n2)c(C2CCCN2C)n1. The number of likely N-dealkylation sites (tertiary alicyclic amines) is 1. The summed E-state index contributed by atoms with van der Waals surface area (Å²) in [6.45, 7) is 5.04. The standard InChI is InChI=1S/C16H21N5O2/c1-10-17-7-12(15(19-10)14-5-4-6-21(14)3)8-18-16(22)13-9-23-11(2)20-13/h7,9,14H,4-6,8H2,1-3H3,(H,18,22). The second-order valence-electron chi connectivity index (χ2n) is 5.90. The van der Waals surface area contributed by atoms with E-state index in [0.29, 0.717) is 12.4 Å². The summed E-state index contributed by atoms with van der Waals surface area (Å²) in [5, 5.41) is 2.87. The molecule has 1 aliphatic heterocycles. The molecule has 0 radical (unpaired) electrons. The molecule has 1 unspecified atom stereocenters. The van der Waals surface area contributed by atoms with Crippen molar-refractivity contribution in [3.63, 3.8) is 0 Å². The Hall–Kier alpha value is -2.28. The van der Waals surface area contributed by atoms with Crippen LogP contribution in [0.3, 0.4) is 0 Å². The number of aryl methyl sites for hydroxylation is 2. The highest BCUT2D eigenvalue weighted by molar-refractivity contribution is 5.91. The van der Waals surface area contributed by atoms with Gasteiger partial charge in [0, 0.05) is 25.2 Å². The van der Waals surface area contributed by atoms with Crippen molar-refractivity contribution in [2.45, 2.75) is 39.3 Å². The summed E-state index contributed by atoms with van der Waals surface area (Å²) in [7, 11) is 2.11. The van der Waals surface area contributed by atoms with Crippen LogP contribution in [0.1, 0.15) is 52.3 Å². The largest absolute Gasteiger partial charge is 0.448 e. The smallest absolute Gasteiger partial charge is 0.273 e. The number of nitrogens with one attached hydrogen (secondary N) is 1. The molecule has 1 amide bonds. The first kappa shape index (κ1) is 15.6. The molecule has 1 atom stereocenters. The number of nitrogens with zero attached hydrogens (tertiary/aromatic N) is 4. The fourth-order valence-electron chi connectivity index (χ4n) is 2.93. The Balaban J connectivity index is 1.76. The molecule has 0 saturated carbocycles. The van der Waals surface area contributed by atoms with Gasteiger partial charge in [-0.1, -0.05) is 0 Å². The van der Waals surface area contributed by atoms with Gasteiger partial charge >= 0.3 is 0 Å². The Morgan fingerprint density at radius 2 is 2.26 bits per heavy atom. The number of aromatic nitrogens is 3. The van der Waals surface area contributed by atoms with Crippen molar-refractivity contribution in [3.05, 3.63) is 41.1 Å². The fourth-order valence-corrected chi connectivity index (χ4v) is 2.93. The van der Waals surface area contributed by atoms with Gasteiger partial charge in [0.15, 0.2) is 11.6 Å². The van der Waals surface area contributed by atoms with Crippen LogP contribution >= 0.6 is 0 Å². The van der Waals surface area contributed by atoms with Gasteiger partial charge in [0.25, 0.3) is 5.91 Å². The maximum Gasteiger partial charge on any atom is 0.273 e. The number of oxazole rings is 1. The fraction of sp³-hybridized carbons (Fsp3) is 0.500. The molecule has 0 spiro atoms. The Kier molecular flexibility index (Phi) is 4.38. The van der Waals surface area contributed by atoms with E-state index in [-0.39, 0.29) is 17.6 Å². The maximum atomic E-state index is 12.1. The van der Waals surface area contributed by atoms with E-state index >= 15 is 0 Å². The minimum absolute atomic E-state index is 0.256. The molecule has 0 aromatic carbocycles. The van der Waals surface area contributed by atoms with Crippen LogP contribution in [0.5, 0.6) is 0 Å². The lowest BCUT2D eigenvalue weighted by Gasteiger charge is -2.21. The normalized spacial score (nSPS) is 18.3. The molecule has 2 aromatic heterocycles. The van der Waals surface area contributed by atoms with Crippen molar-refractivity contribution in [2.24, 2.45) is 0 Å². The summed E-state index contributed by atoms with van der Waals surface area (Å²) in [6.07, 6.45) is 5.41. The van der Waals surface area contributed by atoms with Crippen LogP contribution in [0.25, 0.3) is 0 Å². The van der Waals surface area contributed by atoms with E-state index in [9.17, 15) is 4.79 Å². The van der Waals surface area contributed by atoms with Gasteiger partial charge in [-0.3, -0.25) is 9.69 Å². The highest BCUT2D eigenvalue weighted by Crippen LogP contribution is 2.31. The average Bonchev–Trinajstić information content (AvgIpc) is 3.14. The first-order valence-electron chi connectivity index (χ1n) is 7.77. The quantitative estimate of drug-likeness (QED) is 0.926. The van der Waals surface area contributed by atoms with Gasteiger partial charge in [-0.15, -0.1) is 0 Å². The van der Waals surface area contributed by atoms with Gasteiger partial charge in [-0.05, 0) is 33.4 Å². The van der Waals surface area contributed by atoms with Crippen molar-refractivity contribution in [1.82, 2.24) is 25.2 Å². The maximum absolute atomic E-state index is 12.1. The van der Waals surface area contributed by atoms with Crippen molar-refractivity contribution in [2.75, 3.05) is 13.6 Å². The number of rotatable bonds is 4. The van der Waals surface area contributed by atoms with Gasteiger partial charge in [0.2, 0.25) is 0 Å². The summed E-state index contributed by atoms with van der Waals surface area (Å²) >= 11 is 0. The van der Waals surface area contributed by atoms with Gasteiger partial charge in [-0.2, -0.15) is 0 Å². The van der Waals surface area contributed by atoms with Gasteiger partial charge < -0.3 is 9.73 Å². The average molecular weight is 315 g/mol. The van der Waals surface area contributed by atoms with Crippen LogP contribution in [-0.2, 0) is 6.54 Å². The van der Waals surface area contributed by atoms with Crippen molar-refractivity contribution in [1.29, 1.82) is 0 Å². The topological polar surface area (TPSA) is 84.2 Å². The zero-order valence-electron chi connectivity index (χ0n) is 13.7. The van der Waals surface area contributed by atoms with Crippen molar-refractivity contribution < 1.29 is 9.21 Å². The first-order valence-corrected chi connectivity index (χ1v) is 7.77. The molecule has 0 bridgehead atoms. The van der Waals surface area contributed by atoms with Crippen molar-refractivity contribution in [3.8, 4) is 0 Å². The molecule has 1 saturated heterocycles. The van der Waals surface area contributed by atoms with E-state index in [0.717, 1.165) is 36.5 Å². The number of hydrogen-bond donors (Lipinski definition) is 1. The lowest BCUT2D eigenvalue weighted by Crippen LogP contribution is -2.26. The Labute approximate surface area is 135 Å². The minimum Gasteiger partial charge on any atom is -0.448 e. The number of carbonyl (C=O) groups excluding carboxylic acids is 1. The molecule has 1 fully saturated rings. The third kappa shape index (κ3) is 3.39. The van der Waals surface area contributed by atoms with Gasteiger partial charge in [0.1, 0.15) is 12.1 Å². The lowest BCUT2D eigenvalue weighted by molar-refractivity contribution is 0.0945. The highest BCUT2D eigenvalue weighted by atomic mass is 16.3. The summed E-state index contributed by atoms with van der Waals surface area (Å²) < 4.78 is 5.07. The molecule has 7 heteroatoms. The molecule has 1 N–H and O–H groups in total. The Bertz CT molecular complexity index is 712. The van der Waals surface area contributed by atoms with Crippen LogP contribution in [0.15, 0.2) is 16.9 Å². The third-order valence-electron chi connectivity index (χ3n) is 4.15. The second-order valence-corrected chi connectivity index (χ2v) is 5.90. The molecule has 7 nitrogen and oxygen atoms in total. The molecular formula is C16H21N5O2. The van der Waals surface area contributed by atoms with E-state index in [1.54, 1.807) is 13.1 Å². The minimum atomic E-state index is -0.256. The van der Waals surface area contributed by atoms with Crippen LogP contribution in [-0.4, -0.2) is 39.4 Å². The summed E-state index contributed by atoms with van der Waals surface area (Å²) in [6, 6.07) is 0.290. The predicted octanol–water partition coefficient (Wildman–Crippen LogP) is 1.78. The van der Waals surface area contributed by atoms with E-state index in [4.69, 9.17) is 4.42 Å². The van der Waals surface area contributed by atoms with Crippen LogP contribution in [0.2, 0.25) is 0 Å². The van der Waals surface area contributed by atoms with E-state index in [1.807, 2.05) is 6.92 Å². The van der Waals surface area contributed by atoms with E-state index < -0.39 is 0 Å². The first-order chi connectivity index (χ1) is 11.0. The van der Waals surface area contributed by atoms with Crippen molar-refractivity contribution >= 4 is 5.91 Å². The van der Waals surface area contributed by atoms with Crippen LogP contribution < -0.4 is 5.32 Å². The van der Waals surface area contributed by atoms with Gasteiger partial charge in [0.05, 0.1) is 11.7 Å². The van der Waals surface area contributed by atoms with Gasteiger partial charge in [-0.25, -0.2) is 15.0 Å². The molecule has 122 valence electrons. The molecular weight excluding hydrogens is 294 g/mol. The predicted molar refractivity (Wildman–Crippen MR) is 83.8 cm³/mol. The second kappa shape index (κ2) is 6.45. The lowest BCUT2D eigenvalue weighted by atomic mass is 10.1. The molecule has 3 rings (SSSR count). The summed E-state index contributed by atoms with van der Waals surface area (Å²) in [5.74, 6) is 0.970. The number of amides is 1. The summed E-state index contributed by atoms with van der Waals surface area (Å²) in [4.78, 5) is 27.3. The molecule has 23 heavy (non-hydrogen) atoms. The Morgan fingerprint density at radius 3 is 2.91 bits per heavy atom. The zero-order valence-corrected chi connectivity index (χ0v) is 13.7.